The van der Waals surface area contributed by atoms with Crippen molar-refractivity contribution in [1.82, 2.24) is 4.98 Å². The molecule has 5 nitrogen and oxygen atoms in total. The average Bonchev–Trinajstić information content (AvgIpc) is 2.45. The lowest BCUT2D eigenvalue weighted by atomic mass is 10.2. The summed E-state index contributed by atoms with van der Waals surface area (Å²) >= 11 is 0. The van der Waals surface area contributed by atoms with Crippen LogP contribution in [0.5, 0.6) is 17.4 Å². The molecule has 0 radical (unpaired) electrons. The molecule has 110 valence electrons. The minimum absolute atomic E-state index is 0.143. The molecule has 1 aromatic heterocycles. The lowest BCUT2D eigenvalue weighted by Crippen LogP contribution is -2.01. The van der Waals surface area contributed by atoms with Crippen LogP contribution in [0.3, 0.4) is 0 Å². The first kappa shape index (κ1) is 14.8. The number of hydrogen-bond donors (Lipinski definition) is 1. The predicted molar refractivity (Wildman–Crippen MR) is 78.2 cm³/mol. The number of carboxylic acids is 1. The fourth-order valence-electron chi connectivity index (χ4n) is 1.79. The number of aromatic nitrogens is 1. The van der Waals surface area contributed by atoms with Gasteiger partial charge < -0.3 is 14.6 Å². The summed E-state index contributed by atoms with van der Waals surface area (Å²) in [4.78, 5) is 15.2. The van der Waals surface area contributed by atoms with Gasteiger partial charge in [0.05, 0.1) is 12.2 Å². The fourth-order valence-corrected chi connectivity index (χ4v) is 1.79. The molecule has 1 heterocycles. The van der Waals surface area contributed by atoms with Crippen LogP contribution in [0.4, 0.5) is 0 Å². The van der Waals surface area contributed by atoms with Crippen molar-refractivity contribution in [2.24, 2.45) is 0 Å². The van der Waals surface area contributed by atoms with Crippen LogP contribution in [0.15, 0.2) is 36.4 Å². The standard InChI is InChI=1S/C16H17NO4/c1-3-8-20-13-6-4-5-7-14(13)21-15-10-12(16(18)19)9-11(2)17-15/h4-7,9-10H,3,8H2,1-2H3,(H,18,19). The molecular formula is C16H17NO4. The van der Waals surface area contributed by atoms with Gasteiger partial charge in [-0.3, -0.25) is 0 Å². The van der Waals surface area contributed by atoms with E-state index in [1.807, 2.05) is 19.1 Å². The SMILES string of the molecule is CCCOc1ccccc1Oc1cc(C(=O)O)cc(C)n1. The second-order valence-electron chi connectivity index (χ2n) is 4.54. The summed E-state index contributed by atoms with van der Waals surface area (Å²) in [6, 6.07) is 10.1. The number of aromatic carboxylic acids is 1. The molecule has 0 aliphatic carbocycles. The van der Waals surface area contributed by atoms with Crippen molar-refractivity contribution >= 4 is 5.97 Å². The highest BCUT2D eigenvalue weighted by atomic mass is 16.5. The number of carboxylic acid groups (broad SMARTS) is 1. The molecule has 1 aromatic carbocycles. The van der Waals surface area contributed by atoms with Crippen LogP contribution in [0, 0.1) is 6.92 Å². The zero-order chi connectivity index (χ0) is 15.2. The summed E-state index contributed by atoms with van der Waals surface area (Å²) < 4.78 is 11.3. The molecule has 0 aliphatic rings. The Bertz CT molecular complexity index is 640. The highest BCUT2D eigenvalue weighted by Gasteiger charge is 2.10. The maximum Gasteiger partial charge on any atom is 0.335 e. The first-order valence-corrected chi connectivity index (χ1v) is 6.72. The number of pyridine rings is 1. The molecule has 5 heteroatoms. The minimum Gasteiger partial charge on any atom is -0.490 e. The van der Waals surface area contributed by atoms with Gasteiger partial charge in [-0.2, -0.15) is 0 Å². The maximum atomic E-state index is 11.1. The Morgan fingerprint density at radius 2 is 1.95 bits per heavy atom. The van der Waals surface area contributed by atoms with Crippen molar-refractivity contribution in [3.63, 3.8) is 0 Å². The van der Waals surface area contributed by atoms with Crippen molar-refractivity contribution in [3.8, 4) is 17.4 Å². The van der Waals surface area contributed by atoms with Gasteiger partial charge in [-0.25, -0.2) is 9.78 Å². The van der Waals surface area contributed by atoms with Crippen LogP contribution in [0.2, 0.25) is 0 Å². The van der Waals surface area contributed by atoms with Crippen molar-refractivity contribution in [3.05, 3.63) is 47.7 Å². The van der Waals surface area contributed by atoms with E-state index < -0.39 is 5.97 Å². The third kappa shape index (κ3) is 3.95. The molecule has 0 atom stereocenters. The number of aryl methyl sites for hydroxylation is 1. The van der Waals surface area contributed by atoms with E-state index in [4.69, 9.17) is 14.6 Å². The molecule has 0 saturated carbocycles. The summed E-state index contributed by atoms with van der Waals surface area (Å²) in [6.45, 7) is 4.32. The van der Waals surface area contributed by atoms with Crippen LogP contribution in [-0.2, 0) is 0 Å². The minimum atomic E-state index is -1.01. The van der Waals surface area contributed by atoms with E-state index in [9.17, 15) is 4.79 Å². The Morgan fingerprint density at radius 3 is 2.62 bits per heavy atom. The van der Waals surface area contributed by atoms with E-state index in [2.05, 4.69) is 4.98 Å². The Kier molecular flexibility index (Phi) is 4.77. The molecule has 0 fully saturated rings. The summed E-state index contributed by atoms with van der Waals surface area (Å²) in [5, 5.41) is 9.06. The normalized spacial score (nSPS) is 10.2. The predicted octanol–water partition coefficient (Wildman–Crippen LogP) is 3.67. The fraction of sp³-hybridized carbons (Fsp3) is 0.250. The number of rotatable bonds is 6. The molecule has 2 aromatic rings. The Labute approximate surface area is 123 Å². The highest BCUT2D eigenvalue weighted by Crippen LogP contribution is 2.31. The highest BCUT2D eigenvalue weighted by molar-refractivity contribution is 5.88. The molecular weight excluding hydrogens is 270 g/mol. The van der Waals surface area contributed by atoms with E-state index in [-0.39, 0.29) is 11.4 Å². The van der Waals surface area contributed by atoms with Crippen LogP contribution in [0.1, 0.15) is 29.4 Å². The summed E-state index contributed by atoms with van der Waals surface area (Å²) in [5.41, 5.74) is 0.723. The van der Waals surface area contributed by atoms with Crippen LogP contribution < -0.4 is 9.47 Å². The number of ether oxygens (including phenoxy) is 2. The molecule has 0 bridgehead atoms. The van der Waals surface area contributed by atoms with E-state index in [1.54, 1.807) is 19.1 Å². The van der Waals surface area contributed by atoms with Gasteiger partial charge in [-0.1, -0.05) is 19.1 Å². The first-order valence-electron chi connectivity index (χ1n) is 6.72. The zero-order valence-corrected chi connectivity index (χ0v) is 12.0. The van der Waals surface area contributed by atoms with Crippen molar-refractivity contribution in [1.29, 1.82) is 0 Å². The van der Waals surface area contributed by atoms with Crippen LogP contribution >= 0.6 is 0 Å². The van der Waals surface area contributed by atoms with E-state index in [1.165, 1.54) is 12.1 Å². The lowest BCUT2D eigenvalue weighted by Gasteiger charge is -2.12. The second kappa shape index (κ2) is 6.74. The van der Waals surface area contributed by atoms with Gasteiger partial charge >= 0.3 is 5.97 Å². The first-order chi connectivity index (χ1) is 10.1. The Balaban J connectivity index is 2.27. The maximum absolute atomic E-state index is 11.1. The van der Waals surface area contributed by atoms with Gasteiger partial charge in [0, 0.05) is 11.8 Å². The zero-order valence-electron chi connectivity index (χ0n) is 12.0. The molecule has 0 amide bonds. The number of carbonyl (C=O) groups is 1. The Morgan fingerprint density at radius 1 is 1.24 bits per heavy atom. The van der Waals surface area contributed by atoms with Gasteiger partial charge in [0.15, 0.2) is 11.5 Å². The summed E-state index contributed by atoms with van der Waals surface area (Å²) in [7, 11) is 0. The average molecular weight is 287 g/mol. The number of nitrogens with zero attached hydrogens (tertiary/aromatic N) is 1. The number of benzene rings is 1. The van der Waals surface area contributed by atoms with Crippen LogP contribution in [-0.4, -0.2) is 22.7 Å². The van der Waals surface area contributed by atoms with Gasteiger partial charge in [0.25, 0.3) is 0 Å². The number of para-hydroxylation sites is 2. The van der Waals surface area contributed by atoms with Gasteiger partial charge in [-0.05, 0) is 31.5 Å². The van der Waals surface area contributed by atoms with E-state index in [0.29, 0.717) is 23.8 Å². The lowest BCUT2D eigenvalue weighted by molar-refractivity contribution is 0.0696. The summed E-state index contributed by atoms with van der Waals surface area (Å²) in [6.07, 6.45) is 0.889. The van der Waals surface area contributed by atoms with Gasteiger partial charge in [0.2, 0.25) is 5.88 Å². The Hall–Kier alpha value is -2.56. The quantitative estimate of drug-likeness (QED) is 0.877. The molecule has 21 heavy (non-hydrogen) atoms. The van der Waals surface area contributed by atoms with Crippen LogP contribution in [0.25, 0.3) is 0 Å². The summed E-state index contributed by atoms with van der Waals surface area (Å²) in [5.74, 6) is 0.348. The van der Waals surface area contributed by atoms with Crippen molar-refractivity contribution in [2.75, 3.05) is 6.61 Å². The third-order valence-electron chi connectivity index (χ3n) is 2.70. The van der Waals surface area contributed by atoms with E-state index in [0.717, 1.165) is 6.42 Å². The monoisotopic (exact) mass is 287 g/mol. The molecule has 1 N–H and O–H groups in total. The molecule has 0 aliphatic heterocycles. The smallest absolute Gasteiger partial charge is 0.335 e. The molecule has 0 unspecified atom stereocenters. The topological polar surface area (TPSA) is 68.7 Å². The van der Waals surface area contributed by atoms with Crippen molar-refractivity contribution < 1.29 is 19.4 Å². The van der Waals surface area contributed by atoms with Crippen molar-refractivity contribution in [2.45, 2.75) is 20.3 Å². The number of hydrogen-bond acceptors (Lipinski definition) is 4. The van der Waals surface area contributed by atoms with Gasteiger partial charge in [-0.15, -0.1) is 0 Å². The largest absolute Gasteiger partial charge is 0.490 e. The third-order valence-corrected chi connectivity index (χ3v) is 2.70. The molecule has 0 saturated heterocycles. The second-order valence-corrected chi connectivity index (χ2v) is 4.54. The molecule has 2 rings (SSSR count). The van der Waals surface area contributed by atoms with E-state index >= 15 is 0 Å². The van der Waals surface area contributed by atoms with Gasteiger partial charge in [0.1, 0.15) is 0 Å². The molecule has 0 spiro atoms.